The first kappa shape index (κ1) is 87.6. The zero-order chi connectivity index (χ0) is 80.8. The normalized spacial score (nSPS) is 12.5. The van der Waals surface area contributed by atoms with Gasteiger partial charge in [-0.1, -0.05) is 162 Å². The van der Waals surface area contributed by atoms with Gasteiger partial charge in [0.05, 0.1) is 84.8 Å². The summed E-state index contributed by atoms with van der Waals surface area (Å²) in [5.41, 5.74) is 17.9. The second kappa shape index (κ2) is 42.2. The number of carbonyl (C=O) groups excluding carboxylic acids is 6. The molecule has 14 aromatic rings. The quantitative estimate of drug-likeness (QED) is 0.0289. The lowest BCUT2D eigenvalue weighted by Crippen LogP contribution is -2.34. The molecule has 0 atom stereocenters. The van der Waals surface area contributed by atoms with Gasteiger partial charge in [0.1, 0.15) is 35.0 Å². The molecule has 593 valence electrons. The highest BCUT2D eigenvalue weighted by atomic mass is 79.9. The van der Waals surface area contributed by atoms with Crippen molar-refractivity contribution in [2.45, 2.75) is 59.5 Å². The number of carboxylic acids is 1. The van der Waals surface area contributed by atoms with Crippen LogP contribution in [0.3, 0.4) is 0 Å². The molecule has 11 heterocycles. The fraction of sp³-hybridized carbons (Fsp3) is 0.202. The number of nitrogen functional groups attached to an aromatic ring is 1. The van der Waals surface area contributed by atoms with Crippen LogP contribution in [0.2, 0.25) is 0 Å². The Morgan fingerprint density at radius 2 is 1.01 bits per heavy atom. The van der Waals surface area contributed by atoms with Crippen LogP contribution in [0.25, 0.3) is 54.5 Å². The van der Waals surface area contributed by atoms with Gasteiger partial charge in [-0.3, -0.25) is 28.5 Å². The molecule has 27 nitrogen and oxygen atoms in total. The molecule has 3 radical (unpaired) electrons. The Morgan fingerprint density at radius 3 is 1.48 bits per heavy atom. The average molecular weight is 1820 g/mol. The number of nitrogens with one attached hydrogen (secondary N) is 5. The fourth-order valence-corrected chi connectivity index (χ4v) is 13.7. The minimum atomic E-state index is -0.950. The van der Waals surface area contributed by atoms with Gasteiger partial charge in [0.2, 0.25) is 0 Å². The summed E-state index contributed by atoms with van der Waals surface area (Å²) in [7, 11) is 2.69. The molecule has 8 N–H and O–H groups in total. The maximum absolute atomic E-state index is 12.7. The summed E-state index contributed by atoms with van der Waals surface area (Å²) in [6, 6.07) is 61.7. The SMILES string of the molecule is C.C1CCOC1.COC(=O)c1cc2ccc(Br)cc2[nH]1.COC(=O)c1cc2ccc(Br)cc2n1CC#N.N#CCBr.Nc1ccc2cc3n(c2c1)CCNC3=O.O=C(Nc1ccc2cc3n(c2c1)CCNC3=O)c1cnn(Cc2ccccc2)c1.O=C(O)c1cnn(Cc2ccccc2)c1.O=C1NCCn2c1cc1ccc(Br)cc12.[B]. The molecule has 32 heteroatoms. The van der Waals surface area contributed by atoms with E-state index in [1.807, 2.05) is 185 Å². The lowest BCUT2D eigenvalue weighted by Gasteiger charge is -2.16. The first-order valence-electron chi connectivity index (χ1n) is 35.7. The first-order valence-corrected chi connectivity index (χ1v) is 39.2. The van der Waals surface area contributed by atoms with E-state index in [1.54, 1.807) is 38.5 Å². The number of hydrogen-bond donors (Lipinski definition) is 7. The Bertz CT molecular complexity index is 5800. The monoisotopic (exact) mass is 1820 g/mol. The van der Waals surface area contributed by atoms with Crippen LogP contribution in [0.1, 0.15) is 105 Å². The number of anilines is 2. The summed E-state index contributed by atoms with van der Waals surface area (Å²) >= 11 is 13.1. The van der Waals surface area contributed by atoms with E-state index in [0.29, 0.717) is 72.9 Å². The van der Waals surface area contributed by atoms with Gasteiger partial charge in [-0.15, -0.1) is 0 Å². The topological polar surface area (TPSA) is 360 Å². The van der Waals surface area contributed by atoms with Crippen LogP contribution < -0.4 is 27.0 Å². The van der Waals surface area contributed by atoms with Crippen LogP contribution in [0.4, 0.5) is 11.4 Å². The number of hydrogen-bond acceptors (Lipinski definition) is 15. The van der Waals surface area contributed by atoms with E-state index >= 15 is 0 Å². The Hall–Kier alpha value is -12.3. The molecule has 1 saturated heterocycles. The minimum Gasteiger partial charge on any atom is -0.478 e. The molecule has 1 fully saturated rings. The third-order valence-electron chi connectivity index (χ3n) is 18.0. The molecule has 0 saturated carbocycles. The number of nitriles is 2. The maximum Gasteiger partial charge on any atom is 0.354 e. The van der Waals surface area contributed by atoms with E-state index < -0.39 is 11.9 Å². The number of halogens is 4. The second-order valence-corrected chi connectivity index (χ2v) is 29.0. The zero-order valence-electron chi connectivity index (χ0n) is 62.2. The molecule has 7 aromatic carbocycles. The standard InChI is InChI=1S/C22H19N5O2.C12H9BrN2O2.C11H9BrN2O.C11H11N3O.C11H10N2O2.C10H8BrNO2.C4H8O.C2H2BrN.CH4.B/c28-21(17-12-24-26(14-17)13-15-4-2-1-3-5-15)25-18-7-6-16-10-20-22(29)23-8-9-27(20)19(16)11-18;1-17-12(16)11-6-8-2-3-9(13)7-10(8)15(11)5-4-14;2*12-8-2-1-7-5-10-11(15)13-3-4-14(10)9(7)6-8;14-11(15)10-6-12-13(8-10)7-9-4-2-1-3-5-9;1-14-10(13)9-4-6-2-3-7(11)5-8(6)12-9;1-2-4-5-3-1;3-1-2-4;;/h1-7,10-12,14H,8-9,13H2,(H,23,29)(H,25,28);2-3,6-7H,5H2,1H3;1-2,5-6H,3-4H2,(H,13,15);1-2,5-6H,3-4,12H2,(H,13,15);1-6,8H,7H2,(H,14,15);2-5,12H,1H3;1-4H2;1H2;1H4;. The number of alkyl halides is 1. The number of aromatic carboxylic acids is 1. The number of aromatic nitrogens is 9. The van der Waals surface area contributed by atoms with Gasteiger partial charge < -0.3 is 69.6 Å². The largest absolute Gasteiger partial charge is 0.478 e. The summed E-state index contributed by atoms with van der Waals surface area (Å²) in [5, 5.41) is 50.3. The number of methoxy groups -OCH3 is 2. The Kier molecular flexibility index (Phi) is 31.8. The molecule has 4 amide bonds. The van der Waals surface area contributed by atoms with E-state index in [2.05, 4.69) is 116 Å². The Labute approximate surface area is 702 Å². The van der Waals surface area contributed by atoms with Crippen molar-refractivity contribution in [2.75, 3.05) is 63.4 Å². The van der Waals surface area contributed by atoms with E-state index in [4.69, 9.17) is 30.8 Å². The summed E-state index contributed by atoms with van der Waals surface area (Å²) < 4.78 is 28.3. The number of benzene rings is 7. The molecule has 7 aromatic heterocycles. The van der Waals surface area contributed by atoms with Crippen LogP contribution in [-0.2, 0) is 53.5 Å². The van der Waals surface area contributed by atoms with Crippen molar-refractivity contribution >= 4 is 180 Å². The van der Waals surface area contributed by atoms with Crippen LogP contribution >= 0.6 is 63.7 Å². The van der Waals surface area contributed by atoms with E-state index in [1.165, 1.54) is 39.5 Å². The Balaban J connectivity index is 0.000000158. The number of fused-ring (bicyclic) bond motifs is 11. The van der Waals surface area contributed by atoms with Gasteiger partial charge in [0.25, 0.3) is 23.6 Å². The van der Waals surface area contributed by atoms with Gasteiger partial charge in [0.15, 0.2) is 0 Å². The third kappa shape index (κ3) is 22.6. The van der Waals surface area contributed by atoms with Crippen molar-refractivity contribution in [1.82, 2.24) is 58.8 Å². The van der Waals surface area contributed by atoms with E-state index in [-0.39, 0.29) is 57.5 Å². The summed E-state index contributed by atoms with van der Waals surface area (Å²) in [6.07, 6.45) is 8.74. The molecule has 4 aliphatic rings. The van der Waals surface area contributed by atoms with Gasteiger partial charge in [-0.05, 0) is 115 Å². The van der Waals surface area contributed by atoms with E-state index in [0.717, 1.165) is 122 Å². The lowest BCUT2D eigenvalue weighted by atomic mass is 10.2. The molecule has 0 spiro atoms. The van der Waals surface area contributed by atoms with E-state index in [9.17, 15) is 33.6 Å². The number of nitrogens with two attached hydrogens (primary N) is 1. The van der Waals surface area contributed by atoms with Gasteiger partial charge in [0, 0.05) is 136 Å². The summed E-state index contributed by atoms with van der Waals surface area (Å²) in [6.45, 7) is 7.69. The predicted octanol–water partition coefficient (Wildman–Crippen LogP) is 15.0. The predicted molar refractivity (Wildman–Crippen MR) is 461 cm³/mol. The highest BCUT2D eigenvalue weighted by Gasteiger charge is 2.24. The smallest absolute Gasteiger partial charge is 0.354 e. The van der Waals surface area contributed by atoms with Crippen molar-refractivity contribution < 1.29 is 52.9 Å². The molecular weight excluding hydrogens is 1740 g/mol. The summed E-state index contributed by atoms with van der Waals surface area (Å²) in [4.78, 5) is 84.3. The number of nitrogens with zero attached hydrogens (tertiary/aromatic N) is 10. The maximum atomic E-state index is 12.7. The second-order valence-electron chi connectivity index (χ2n) is 25.7. The van der Waals surface area contributed by atoms with Crippen LogP contribution in [0.15, 0.2) is 220 Å². The lowest BCUT2D eigenvalue weighted by molar-refractivity contribution is 0.0583. The number of ether oxygens (including phenoxy) is 3. The van der Waals surface area contributed by atoms with Crippen molar-refractivity contribution in [1.29, 1.82) is 10.5 Å². The first-order chi connectivity index (χ1) is 55.2. The molecule has 18 rings (SSSR count). The Morgan fingerprint density at radius 1 is 0.560 bits per heavy atom. The number of esters is 2. The number of carboxylic acid groups (broad SMARTS) is 1. The van der Waals surface area contributed by atoms with Gasteiger partial charge in [-0.2, -0.15) is 20.7 Å². The minimum absolute atomic E-state index is 0. The molecule has 116 heavy (non-hydrogen) atoms. The van der Waals surface area contributed by atoms with Crippen LogP contribution in [0.5, 0.6) is 0 Å². The molecule has 0 bridgehead atoms. The number of amides is 4. The third-order valence-corrected chi connectivity index (χ3v) is 19.8. The zero-order valence-corrected chi connectivity index (χ0v) is 68.5. The number of aromatic amines is 1. The molecule has 4 aliphatic heterocycles. The molecular formula is C84H80BBr4N16O11. The molecule has 0 unspecified atom stereocenters. The van der Waals surface area contributed by atoms with Crippen molar-refractivity contribution in [3.8, 4) is 12.1 Å². The summed E-state index contributed by atoms with van der Waals surface area (Å²) in [5.74, 6) is -2.00. The van der Waals surface area contributed by atoms with Crippen LogP contribution in [0, 0.1) is 22.7 Å². The number of rotatable bonds is 10. The highest BCUT2D eigenvalue weighted by Crippen LogP contribution is 2.30. The number of carbonyl (C=O) groups is 7. The average Bonchev–Trinajstić information content (AvgIpc) is 1.65. The van der Waals surface area contributed by atoms with Crippen molar-refractivity contribution in [3.63, 3.8) is 0 Å². The van der Waals surface area contributed by atoms with Gasteiger partial charge in [-0.25, -0.2) is 14.4 Å². The van der Waals surface area contributed by atoms with Crippen molar-refractivity contribution in [2.24, 2.45) is 0 Å². The fourth-order valence-electron chi connectivity index (χ4n) is 12.7. The van der Waals surface area contributed by atoms with Gasteiger partial charge >= 0.3 is 17.9 Å². The highest BCUT2D eigenvalue weighted by molar-refractivity contribution is 9.11. The number of H-pyrrole nitrogens is 1. The molecule has 0 aliphatic carbocycles. The van der Waals surface area contributed by atoms with Crippen molar-refractivity contribution in [3.05, 3.63) is 271 Å². The van der Waals surface area contributed by atoms with Crippen LogP contribution in [-0.4, -0.2) is 150 Å².